The summed E-state index contributed by atoms with van der Waals surface area (Å²) in [5, 5.41) is 10.8. The third-order valence-corrected chi connectivity index (χ3v) is 5.29. The highest BCUT2D eigenvalue weighted by Crippen LogP contribution is 2.32. The molecule has 0 fully saturated rings. The van der Waals surface area contributed by atoms with Crippen LogP contribution < -0.4 is 14.2 Å². The molecule has 0 radical (unpaired) electrons. The van der Waals surface area contributed by atoms with Crippen molar-refractivity contribution < 1.29 is 36.7 Å². The molecular formula is C23H17F3N4O6. The molecule has 1 aliphatic rings. The van der Waals surface area contributed by atoms with E-state index in [4.69, 9.17) is 13.9 Å². The predicted octanol–water partition coefficient (Wildman–Crippen LogP) is 5.24. The number of oxazole rings is 1. The lowest BCUT2D eigenvalue weighted by Crippen LogP contribution is -2.38. The van der Waals surface area contributed by atoms with Crippen molar-refractivity contribution in [2.75, 3.05) is 6.61 Å². The summed E-state index contributed by atoms with van der Waals surface area (Å²) in [6.45, 7) is 2.36. The molecule has 0 saturated heterocycles. The van der Waals surface area contributed by atoms with Crippen molar-refractivity contribution in [2.24, 2.45) is 0 Å². The summed E-state index contributed by atoms with van der Waals surface area (Å²) in [7, 11) is 0. The molecule has 0 bridgehead atoms. The Morgan fingerprint density at radius 1 is 1.08 bits per heavy atom. The van der Waals surface area contributed by atoms with Crippen LogP contribution in [0.15, 0.2) is 65.4 Å². The van der Waals surface area contributed by atoms with Gasteiger partial charge in [0.15, 0.2) is 5.60 Å². The summed E-state index contributed by atoms with van der Waals surface area (Å²) >= 11 is 0. The molecule has 1 atom stereocenters. The first-order chi connectivity index (χ1) is 17.1. The number of fused-ring (bicyclic) bond motifs is 1. The molecule has 4 aromatic rings. The zero-order chi connectivity index (χ0) is 25.5. The van der Waals surface area contributed by atoms with Crippen molar-refractivity contribution in [1.29, 1.82) is 0 Å². The SMILES string of the molecule is C[C@@]1(COc2ccc(-c3coc(-c4ccc(OC(F)(F)F)cc4)n3)cc2)Cn2cc([N+](=O)[O-])nc2O1. The van der Waals surface area contributed by atoms with Crippen LogP contribution in [0.25, 0.3) is 22.7 Å². The Labute approximate surface area is 201 Å². The second kappa shape index (κ2) is 8.59. The van der Waals surface area contributed by atoms with E-state index in [-0.39, 0.29) is 30.1 Å². The Kier molecular flexibility index (Phi) is 5.54. The minimum atomic E-state index is -4.76. The number of alkyl halides is 3. The molecular weight excluding hydrogens is 485 g/mol. The van der Waals surface area contributed by atoms with Gasteiger partial charge in [0, 0.05) is 16.1 Å². The minimum absolute atomic E-state index is 0.174. The Morgan fingerprint density at radius 2 is 1.75 bits per heavy atom. The van der Waals surface area contributed by atoms with Gasteiger partial charge in [-0.2, -0.15) is 0 Å². The van der Waals surface area contributed by atoms with E-state index in [1.54, 1.807) is 28.8 Å². The number of nitrogens with zero attached hydrogens (tertiary/aromatic N) is 4. The van der Waals surface area contributed by atoms with Crippen molar-refractivity contribution in [2.45, 2.75) is 25.4 Å². The Balaban J connectivity index is 1.20. The van der Waals surface area contributed by atoms with Crippen LogP contribution in [0.3, 0.4) is 0 Å². The van der Waals surface area contributed by atoms with Crippen molar-refractivity contribution in [3.05, 3.63) is 71.1 Å². The summed E-state index contributed by atoms with van der Waals surface area (Å²) in [4.78, 5) is 18.5. The molecule has 186 valence electrons. The van der Waals surface area contributed by atoms with Crippen LogP contribution in [-0.4, -0.2) is 38.0 Å². The first-order valence-corrected chi connectivity index (χ1v) is 10.5. The normalized spacial score (nSPS) is 16.9. The number of hydrogen-bond acceptors (Lipinski definition) is 8. The predicted molar refractivity (Wildman–Crippen MR) is 117 cm³/mol. The topological polar surface area (TPSA) is 115 Å². The van der Waals surface area contributed by atoms with Gasteiger partial charge in [0.25, 0.3) is 0 Å². The molecule has 0 unspecified atom stereocenters. The van der Waals surface area contributed by atoms with Crippen LogP contribution in [0, 0.1) is 10.1 Å². The van der Waals surface area contributed by atoms with Crippen LogP contribution in [0.1, 0.15) is 6.92 Å². The molecule has 0 saturated carbocycles. The lowest BCUT2D eigenvalue weighted by atomic mass is 10.1. The maximum atomic E-state index is 12.3. The van der Waals surface area contributed by atoms with Gasteiger partial charge in [0.2, 0.25) is 5.89 Å². The van der Waals surface area contributed by atoms with Gasteiger partial charge in [-0.1, -0.05) is 0 Å². The zero-order valence-electron chi connectivity index (χ0n) is 18.6. The van der Waals surface area contributed by atoms with E-state index in [1.807, 2.05) is 6.92 Å². The Morgan fingerprint density at radius 3 is 2.39 bits per heavy atom. The molecule has 0 amide bonds. The Bertz CT molecular complexity index is 1370. The summed E-state index contributed by atoms with van der Waals surface area (Å²) in [6, 6.07) is 12.4. The van der Waals surface area contributed by atoms with Gasteiger partial charge in [-0.3, -0.25) is 4.57 Å². The number of benzene rings is 2. The van der Waals surface area contributed by atoms with Crippen molar-refractivity contribution in [3.63, 3.8) is 0 Å². The fourth-order valence-corrected chi connectivity index (χ4v) is 3.65. The molecule has 5 rings (SSSR count). The zero-order valence-corrected chi connectivity index (χ0v) is 18.6. The molecule has 10 nitrogen and oxygen atoms in total. The van der Waals surface area contributed by atoms with Crippen LogP contribution in [0.2, 0.25) is 0 Å². The maximum Gasteiger partial charge on any atom is 0.573 e. The van der Waals surface area contributed by atoms with E-state index in [9.17, 15) is 23.3 Å². The lowest BCUT2D eigenvalue weighted by molar-refractivity contribution is -0.389. The van der Waals surface area contributed by atoms with E-state index < -0.39 is 16.9 Å². The minimum Gasteiger partial charge on any atom is -0.489 e. The Hall–Kier alpha value is -4.55. The van der Waals surface area contributed by atoms with E-state index in [0.29, 0.717) is 23.6 Å². The number of rotatable bonds is 7. The largest absolute Gasteiger partial charge is 0.573 e. The number of ether oxygens (including phenoxy) is 3. The smallest absolute Gasteiger partial charge is 0.489 e. The van der Waals surface area contributed by atoms with E-state index in [1.165, 1.54) is 36.7 Å². The van der Waals surface area contributed by atoms with Crippen LogP contribution in [0.4, 0.5) is 19.0 Å². The van der Waals surface area contributed by atoms with E-state index >= 15 is 0 Å². The molecule has 0 spiro atoms. The highest BCUT2D eigenvalue weighted by Gasteiger charge is 2.41. The molecule has 13 heteroatoms. The molecule has 36 heavy (non-hydrogen) atoms. The van der Waals surface area contributed by atoms with E-state index in [0.717, 1.165) is 5.56 Å². The highest BCUT2D eigenvalue weighted by atomic mass is 19.4. The number of imidazole rings is 1. The van der Waals surface area contributed by atoms with Crippen LogP contribution >= 0.6 is 0 Å². The molecule has 2 aromatic carbocycles. The summed E-state index contributed by atoms with van der Waals surface area (Å²) < 4.78 is 59.5. The summed E-state index contributed by atoms with van der Waals surface area (Å²) in [6.07, 6.45) is -1.99. The third-order valence-electron chi connectivity index (χ3n) is 5.29. The van der Waals surface area contributed by atoms with E-state index in [2.05, 4.69) is 14.7 Å². The first-order valence-electron chi connectivity index (χ1n) is 10.5. The molecule has 3 heterocycles. The van der Waals surface area contributed by atoms with Crippen molar-refractivity contribution in [1.82, 2.24) is 14.5 Å². The van der Waals surface area contributed by atoms with Crippen molar-refractivity contribution >= 4 is 5.82 Å². The number of halogens is 3. The summed E-state index contributed by atoms with van der Waals surface area (Å²) in [5.41, 5.74) is 1.03. The van der Waals surface area contributed by atoms with Gasteiger partial charge in [-0.05, 0) is 60.4 Å². The van der Waals surface area contributed by atoms with Gasteiger partial charge in [0.1, 0.15) is 36.3 Å². The second-order valence-corrected chi connectivity index (χ2v) is 8.24. The molecule has 2 aromatic heterocycles. The maximum absolute atomic E-state index is 12.3. The monoisotopic (exact) mass is 502 g/mol. The van der Waals surface area contributed by atoms with Crippen LogP contribution in [-0.2, 0) is 6.54 Å². The molecule has 0 aliphatic carbocycles. The van der Waals surface area contributed by atoms with Crippen molar-refractivity contribution in [3.8, 4) is 40.2 Å². The summed E-state index contributed by atoms with van der Waals surface area (Å²) in [5.74, 6) is 0.208. The fraction of sp³-hybridized carbons (Fsp3) is 0.217. The average molecular weight is 502 g/mol. The van der Waals surface area contributed by atoms with Gasteiger partial charge in [0.05, 0.1) is 6.54 Å². The standard InChI is InChI=1S/C23H17F3N4O6/c1-22(12-29-10-19(30(31)32)28-21(29)36-22)13-34-16-6-2-14(3-7-16)18-11-33-20(27-18)15-4-8-17(9-5-15)35-23(24,25)26/h2-11H,12-13H2,1H3/t22-/m0/s1. The fourth-order valence-electron chi connectivity index (χ4n) is 3.65. The molecule has 0 N–H and O–H groups in total. The first kappa shape index (κ1) is 23.2. The quantitative estimate of drug-likeness (QED) is 0.249. The van der Waals surface area contributed by atoms with Gasteiger partial charge >= 0.3 is 18.2 Å². The number of hydrogen-bond donors (Lipinski definition) is 0. The number of aromatic nitrogens is 3. The van der Waals surface area contributed by atoms with Gasteiger partial charge in [-0.15, -0.1) is 13.2 Å². The number of nitro groups is 1. The van der Waals surface area contributed by atoms with Crippen LogP contribution in [0.5, 0.6) is 17.5 Å². The van der Waals surface area contributed by atoms with Gasteiger partial charge < -0.3 is 28.7 Å². The van der Waals surface area contributed by atoms with Gasteiger partial charge in [-0.25, -0.2) is 4.98 Å². The average Bonchev–Trinajstić information content (AvgIpc) is 3.52. The lowest BCUT2D eigenvalue weighted by Gasteiger charge is -2.22. The second-order valence-electron chi connectivity index (χ2n) is 8.24. The third kappa shape index (κ3) is 4.94. The molecule has 1 aliphatic heterocycles. The highest BCUT2D eigenvalue weighted by molar-refractivity contribution is 5.63.